The molecule has 0 aromatic heterocycles. The summed E-state index contributed by atoms with van der Waals surface area (Å²) in [7, 11) is 0. The zero-order valence-corrected chi connectivity index (χ0v) is 9.77. The summed E-state index contributed by atoms with van der Waals surface area (Å²) in [5, 5.41) is 3.98. The Hall–Kier alpha value is -1.92. The first-order valence-electron chi connectivity index (χ1n) is 5.32. The number of nitrogen functional groups attached to an aromatic ring is 1. The summed E-state index contributed by atoms with van der Waals surface area (Å²) in [6.07, 6.45) is -3.69. The summed E-state index contributed by atoms with van der Waals surface area (Å²) in [5.74, 6) is 0. The number of benzene rings is 1. The number of urea groups is 1. The first kappa shape index (κ1) is 14.1. The zero-order valence-electron chi connectivity index (χ0n) is 9.77. The van der Waals surface area contributed by atoms with E-state index in [4.69, 9.17) is 5.73 Å². The molecule has 0 spiro atoms. The van der Waals surface area contributed by atoms with Crippen molar-refractivity contribution in [3.05, 3.63) is 23.8 Å². The molecule has 7 heteroatoms. The van der Waals surface area contributed by atoms with Gasteiger partial charge in [-0.25, -0.2) is 4.79 Å². The van der Waals surface area contributed by atoms with Gasteiger partial charge in [-0.1, -0.05) is 13.0 Å². The second-order valence-corrected chi connectivity index (χ2v) is 3.69. The SMILES string of the molecule is CCc1ccc(NC(=O)NCC(F)(F)F)cc1N. The van der Waals surface area contributed by atoms with E-state index in [0.717, 1.165) is 12.0 Å². The van der Waals surface area contributed by atoms with Crippen LogP contribution in [0.25, 0.3) is 0 Å². The molecule has 0 aliphatic rings. The van der Waals surface area contributed by atoms with Crippen LogP contribution in [0.1, 0.15) is 12.5 Å². The van der Waals surface area contributed by atoms with E-state index in [-0.39, 0.29) is 0 Å². The maximum Gasteiger partial charge on any atom is 0.405 e. The van der Waals surface area contributed by atoms with E-state index in [1.165, 1.54) is 6.07 Å². The summed E-state index contributed by atoms with van der Waals surface area (Å²) >= 11 is 0. The van der Waals surface area contributed by atoms with Crippen molar-refractivity contribution >= 4 is 17.4 Å². The Labute approximate surface area is 102 Å². The third-order valence-corrected chi connectivity index (χ3v) is 2.23. The molecule has 2 amide bonds. The molecule has 0 aliphatic heterocycles. The van der Waals surface area contributed by atoms with Gasteiger partial charge in [0.1, 0.15) is 6.54 Å². The highest BCUT2D eigenvalue weighted by atomic mass is 19.4. The van der Waals surface area contributed by atoms with Gasteiger partial charge in [0.25, 0.3) is 0 Å². The fourth-order valence-corrected chi connectivity index (χ4v) is 1.35. The van der Waals surface area contributed by atoms with Crippen LogP contribution in [-0.2, 0) is 6.42 Å². The Morgan fingerprint density at radius 1 is 1.39 bits per heavy atom. The van der Waals surface area contributed by atoms with E-state index in [0.29, 0.717) is 11.4 Å². The summed E-state index contributed by atoms with van der Waals surface area (Å²) in [6.45, 7) is 0.552. The Balaban J connectivity index is 2.57. The highest BCUT2D eigenvalue weighted by Crippen LogP contribution is 2.18. The van der Waals surface area contributed by atoms with Gasteiger partial charge in [0.2, 0.25) is 0 Å². The predicted molar refractivity (Wildman–Crippen MR) is 63.3 cm³/mol. The van der Waals surface area contributed by atoms with Crippen LogP contribution < -0.4 is 16.4 Å². The van der Waals surface area contributed by atoms with Crippen molar-refractivity contribution < 1.29 is 18.0 Å². The third kappa shape index (κ3) is 4.52. The Morgan fingerprint density at radius 3 is 2.56 bits per heavy atom. The normalized spacial score (nSPS) is 11.1. The molecule has 0 heterocycles. The summed E-state index contributed by atoms with van der Waals surface area (Å²) < 4.78 is 35.6. The largest absolute Gasteiger partial charge is 0.405 e. The van der Waals surface area contributed by atoms with E-state index < -0.39 is 18.8 Å². The molecular weight excluding hydrogens is 247 g/mol. The molecule has 0 bridgehead atoms. The molecule has 0 saturated heterocycles. The highest BCUT2D eigenvalue weighted by Gasteiger charge is 2.27. The van der Waals surface area contributed by atoms with Crippen molar-refractivity contribution in [2.45, 2.75) is 19.5 Å². The van der Waals surface area contributed by atoms with E-state index in [1.54, 1.807) is 17.4 Å². The van der Waals surface area contributed by atoms with Gasteiger partial charge in [-0.3, -0.25) is 0 Å². The lowest BCUT2D eigenvalue weighted by Gasteiger charge is -2.11. The molecular formula is C11H14F3N3O. The van der Waals surface area contributed by atoms with Crippen LogP contribution in [0.15, 0.2) is 18.2 Å². The smallest absolute Gasteiger partial charge is 0.398 e. The van der Waals surface area contributed by atoms with Gasteiger partial charge in [0, 0.05) is 11.4 Å². The number of carbonyl (C=O) groups is 1. The molecule has 0 aliphatic carbocycles. The average molecular weight is 261 g/mol. The number of alkyl halides is 3. The quantitative estimate of drug-likeness (QED) is 0.732. The molecule has 0 saturated carbocycles. The Kier molecular flexibility index (Phi) is 4.41. The number of nitrogens with two attached hydrogens (primary N) is 1. The van der Waals surface area contributed by atoms with Crippen LogP contribution in [0, 0.1) is 0 Å². The zero-order chi connectivity index (χ0) is 13.8. The van der Waals surface area contributed by atoms with Crippen molar-refractivity contribution in [3.63, 3.8) is 0 Å². The summed E-state index contributed by atoms with van der Waals surface area (Å²) in [6, 6.07) is 3.89. The van der Waals surface area contributed by atoms with Crippen LogP contribution in [0.3, 0.4) is 0 Å². The minimum absolute atomic E-state index is 0.351. The number of halogens is 3. The second-order valence-electron chi connectivity index (χ2n) is 3.69. The van der Waals surface area contributed by atoms with E-state index in [9.17, 15) is 18.0 Å². The molecule has 0 atom stereocenters. The first-order chi connectivity index (χ1) is 8.31. The minimum atomic E-state index is -4.43. The van der Waals surface area contributed by atoms with Crippen molar-refractivity contribution in [1.82, 2.24) is 5.32 Å². The number of rotatable bonds is 3. The fraction of sp³-hybridized carbons (Fsp3) is 0.364. The van der Waals surface area contributed by atoms with Crippen LogP contribution in [0.4, 0.5) is 29.3 Å². The molecule has 1 rings (SSSR count). The number of amides is 2. The monoisotopic (exact) mass is 261 g/mol. The van der Waals surface area contributed by atoms with Crippen molar-refractivity contribution in [3.8, 4) is 0 Å². The second kappa shape index (κ2) is 5.61. The van der Waals surface area contributed by atoms with Gasteiger partial charge in [0.15, 0.2) is 0 Å². The molecule has 1 aromatic rings. The number of hydrogen-bond acceptors (Lipinski definition) is 2. The number of nitrogens with one attached hydrogen (secondary N) is 2. The van der Waals surface area contributed by atoms with E-state index >= 15 is 0 Å². The first-order valence-corrected chi connectivity index (χ1v) is 5.32. The lowest BCUT2D eigenvalue weighted by Crippen LogP contribution is -2.36. The molecule has 0 unspecified atom stereocenters. The number of aryl methyl sites for hydroxylation is 1. The van der Waals surface area contributed by atoms with Gasteiger partial charge in [-0.05, 0) is 24.1 Å². The molecule has 4 N–H and O–H groups in total. The maximum atomic E-state index is 11.9. The minimum Gasteiger partial charge on any atom is -0.398 e. The topological polar surface area (TPSA) is 67.2 Å². The summed E-state index contributed by atoms with van der Waals surface area (Å²) in [4.78, 5) is 11.2. The molecule has 0 radical (unpaired) electrons. The number of anilines is 2. The Bertz CT molecular complexity index is 432. The predicted octanol–water partition coefficient (Wildman–Crippen LogP) is 2.51. The Morgan fingerprint density at radius 2 is 2.06 bits per heavy atom. The number of hydrogen-bond donors (Lipinski definition) is 3. The van der Waals surface area contributed by atoms with Crippen LogP contribution in [0.5, 0.6) is 0 Å². The third-order valence-electron chi connectivity index (χ3n) is 2.23. The number of carbonyl (C=O) groups excluding carboxylic acids is 1. The molecule has 1 aromatic carbocycles. The molecule has 4 nitrogen and oxygen atoms in total. The molecule has 18 heavy (non-hydrogen) atoms. The maximum absolute atomic E-state index is 11.9. The average Bonchev–Trinajstić information content (AvgIpc) is 2.26. The summed E-state index contributed by atoms with van der Waals surface area (Å²) in [5.41, 5.74) is 7.46. The highest BCUT2D eigenvalue weighted by molar-refractivity contribution is 5.89. The van der Waals surface area contributed by atoms with Gasteiger partial charge in [-0.15, -0.1) is 0 Å². The molecule has 100 valence electrons. The lowest BCUT2D eigenvalue weighted by atomic mass is 10.1. The van der Waals surface area contributed by atoms with Crippen LogP contribution in [0.2, 0.25) is 0 Å². The van der Waals surface area contributed by atoms with Crippen molar-refractivity contribution in [2.75, 3.05) is 17.6 Å². The van der Waals surface area contributed by atoms with Crippen LogP contribution >= 0.6 is 0 Å². The van der Waals surface area contributed by atoms with E-state index in [1.807, 2.05) is 6.92 Å². The molecule has 0 fully saturated rings. The van der Waals surface area contributed by atoms with Crippen molar-refractivity contribution in [2.24, 2.45) is 0 Å². The van der Waals surface area contributed by atoms with E-state index in [2.05, 4.69) is 5.32 Å². The standard InChI is InChI=1S/C11H14F3N3O/c1-2-7-3-4-8(5-9(7)15)17-10(18)16-6-11(12,13)14/h3-5H,2,6,15H2,1H3,(H2,16,17,18). The van der Waals surface area contributed by atoms with Crippen LogP contribution in [-0.4, -0.2) is 18.8 Å². The lowest BCUT2D eigenvalue weighted by molar-refractivity contribution is -0.122. The van der Waals surface area contributed by atoms with Gasteiger partial charge in [0.05, 0.1) is 0 Å². The van der Waals surface area contributed by atoms with Gasteiger partial charge in [-0.2, -0.15) is 13.2 Å². The van der Waals surface area contributed by atoms with Gasteiger partial charge >= 0.3 is 12.2 Å². The van der Waals surface area contributed by atoms with Crippen molar-refractivity contribution in [1.29, 1.82) is 0 Å². The van der Waals surface area contributed by atoms with Gasteiger partial charge < -0.3 is 16.4 Å². The fourth-order valence-electron chi connectivity index (χ4n) is 1.35.